The number of nitrogens with one attached hydrogen (secondary N) is 1. The van der Waals surface area contributed by atoms with Gasteiger partial charge in [-0.3, -0.25) is 0 Å². The Morgan fingerprint density at radius 3 is 2.43 bits per heavy atom. The van der Waals surface area contributed by atoms with Crippen LogP contribution in [0.25, 0.3) is 0 Å². The quantitative estimate of drug-likeness (QED) is 0.693. The summed E-state index contributed by atoms with van der Waals surface area (Å²) in [5.41, 5.74) is 1.31. The number of ether oxygens (including phenoxy) is 1. The molecule has 120 valence electrons. The summed E-state index contributed by atoms with van der Waals surface area (Å²) >= 11 is 12.6. The van der Waals surface area contributed by atoms with Crippen molar-refractivity contribution >= 4 is 23.2 Å². The van der Waals surface area contributed by atoms with E-state index >= 15 is 0 Å². The molecule has 0 saturated carbocycles. The van der Waals surface area contributed by atoms with Crippen molar-refractivity contribution in [1.29, 1.82) is 0 Å². The lowest BCUT2D eigenvalue weighted by molar-refractivity contribution is 0.304. The summed E-state index contributed by atoms with van der Waals surface area (Å²) in [7, 11) is 0. The van der Waals surface area contributed by atoms with Gasteiger partial charge in [-0.2, -0.15) is 0 Å². The summed E-state index contributed by atoms with van der Waals surface area (Å²) in [6.07, 6.45) is 1.97. The van der Waals surface area contributed by atoms with Crippen LogP contribution in [-0.2, 0) is 6.42 Å². The molecule has 0 bridgehead atoms. The van der Waals surface area contributed by atoms with Gasteiger partial charge < -0.3 is 10.1 Å². The third-order valence-corrected chi connectivity index (χ3v) is 4.11. The van der Waals surface area contributed by atoms with Gasteiger partial charge >= 0.3 is 0 Å². The Balaban J connectivity index is 2.68. The average Bonchev–Trinajstić information content (AvgIpc) is 2.39. The summed E-state index contributed by atoms with van der Waals surface area (Å²) < 4.78 is 5.46. The molecule has 0 atom stereocenters. The van der Waals surface area contributed by atoms with Crippen LogP contribution < -0.4 is 10.1 Å². The number of rotatable bonds is 8. The molecule has 0 spiro atoms. The van der Waals surface area contributed by atoms with E-state index in [-0.39, 0.29) is 5.41 Å². The van der Waals surface area contributed by atoms with E-state index in [0.717, 1.165) is 30.0 Å². The molecule has 4 heteroatoms. The van der Waals surface area contributed by atoms with Crippen LogP contribution >= 0.6 is 23.2 Å². The molecule has 2 nitrogen and oxygen atoms in total. The van der Waals surface area contributed by atoms with Gasteiger partial charge in [-0.05, 0) is 36.8 Å². The predicted octanol–water partition coefficient (Wildman–Crippen LogP) is 5.35. The van der Waals surface area contributed by atoms with E-state index in [1.807, 2.05) is 19.1 Å². The molecular formula is C17H27Cl2NO. The second kappa shape index (κ2) is 8.26. The van der Waals surface area contributed by atoms with Crippen LogP contribution in [0.15, 0.2) is 12.1 Å². The largest absolute Gasteiger partial charge is 0.492 e. The summed E-state index contributed by atoms with van der Waals surface area (Å²) in [5, 5.41) is 4.86. The highest BCUT2D eigenvalue weighted by molar-refractivity contribution is 6.34. The van der Waals surface area contributed by atoms with Crippen LogP contribution in [-0.4, -0.2) is 19.2 Å². The Hall–Kier alpha value is -0.440. The first kappa shape index (κ1) is 18.6. The smallest absolute Gasteiger partial charge is 0.139 e. The van der Waals surface area contributed by atoms with Gasteiger partial charge in [0.25, 0.3) is 0 Å². The second-order valence-corrected chi connectivity index (χ2v) is 7.32. The van der Waals surface area contributed by atoms with E-state index < -0.39 is 0 Å². The molecule has 21 heavy (non-hydrogen) atoms. The van der Waals surface area contributed by atoms with Crippen molar-refractivity contribution in [1.82, 2.24) is 5.32 Å². The Morgan fingerprint density at radius 1 is 1.19 bits per heavy atom. The van der Waals surface area contributed by atoms with Crippen LogP contribution in [0.4, 0.5) is 0 Å². The molecule has 1 rings (SSSR count). The van der Waals surface area contributed by atoms with E-state index in [4.69, 9.17) is 27.9 Å². The molecule has 1 aromatic carbocycles. The standard InChI is InChI=1S/C17H27Cl2NO/c1-6-21-16-10-14(18)13(9-15(16)19)7-8-17(4,5)11-20-12(2)3/h9-10,12,20H,6-8,11H2,1-5H3. The molecule has 0 aliphatic heterocycles. The summed E-state index contributed by atoms with van der Waals surface area (Å²) in [5.74, 6) is 0.661. The Bertz CT molecular complexity index is 458. The normalized spacial score (nSPS) is 12.0. The zero-order chi connectivity index (χ0) is 16.0. The highest BCUT2D eigenvalue weighted by Gasteiger charge is 2.19. The molecule has 1 aromatic rings. The van der Waals surface area contributed by atoms with Crippen molar-refractivity contribution in [3.63, 3.8) is 0 Å². The zero-order valence-corrected chi connectivity index (χ0v) is 15.2. The molecule has 0 unspecified atom stereocenters. The summed E-state index contributed by atoms with van der Waals surface area (Å²) in [4.78, 5) is 0. The molecule has 0 aromatic heterocycles. The Kier molecular flexibility index (Phi) is 7.32. The molecule has 0 heterocycles. The van der Waals surface area contributed by atoms with Crippen molar-refractivity contribution in [2.24, 2.45) is 5.41 Å². The topological polar surface area (TPSA) is 21.3 Å². The van der Waals surface area contributed by atoms with Crippen LogP contribution in [0.2, 0.25) is 10.0 Å². The van der Waals surface area contributed by atoms with Gasteiger partial charge in [0.2, 0.25) is 0 Å². The van der Waals surface area contributed by atoms with E-state index in [1.54, 1.807) is 0 Å². The SMILES string of the molecule is CCOc1cc(Cl)c(CCC(C)(C)CNC(C)C)cc1Cl. The number of aryl methyl sites for hydroxylation is 1. The number of halogens is 2. The predicted molar refractivity (Wildman–Crippen MR) is 92.9 cm³/mol. The van der Waals surface area contributed by atoms with Gasteiger partial charge in [0.1, 0.15) is 5.75 Å². The molecule has 0 radical (unpaired) electrons. The van der Waals surface area contributed by atoms with Crippen LogP contribution in [0.3, 0.4) is 0 Å². The summed E-state index contributed by atoms with van der Waals surface area (Å²) in [6.45, 7) is 12.4. The van der Waals surface area contributed by atoms with Gasteiger partial charge in [0, 0.05) is 23.7 Å². The van der Waals surface area contributed by atoms with E-state index in [2.05, 4.69) is 33.0 Å². The third-order valence-electron chi connectivity index (χ3n) is 3.46. The first-order chi connectivity index (χ1) is 9.75. The van der Waals surface area contributed by atoms with Crippen molar-refractivity contribution in [2.45, 2.75) is 53.5 Å². The van der Waals surface area contributed by atoms with Crippen LogP contribution in [0.5, 0.6) is 5.75 Å². The summed E-state index contributed by atoms with van der Waals surface area (Å²) in [6, 6.07) is 4.26. The van der Waals surface area contributed by atoms with E-state index in [0.29, 0.717) is 23.4 Å². The van der Waals surface area contributed by atoms with E-state index in [9.17, 15) is 0 Å². The van der Waals surface area contributed by atoms with Gasteiger partial charge in [-0.1, -0.05) is 50.9 Å². The minimum atomic E-state index is 0.221. The fraction of sp³-hybridized carbons (Fsp3) is 0.647. The van der Waals surface area contributed by atoms with Gasteiger partial charge in [0.15, 0.2) is 0 Å². The lowest BCUT2D eigenvalue weighted by Gasteiger charge is -2.26. The maximum atomic E-state index is 6.34. The highest BCUT2D eigenvalue weighted by atomic mass is 35.5. The fourth-order valence-electron chi connectivity index (χ4n) is 2.07. The van der Waals surface area contributed by atoms with Crippen LogP contribution in [0.1, 0.15) is 46.6 Å². The second-order valence-electron chi connectivity index (χ2n) is 6.51. The highest BCUT2D eigenvalue weighted by Crippen LogP contribution is 2.33. The fourth-order valence-corrected chi connectivity index (χ4v) is 2.56. The van der Waals surface area contributed by atoms with Crippen molar-refractivity contribution in [2.75, 3.05) is 13.2 Å². The van der Waals surface area contributed by atoms with Gasteiger partial charge in [-0.25, -0.2) is 0 Å². The molecule has 0 aliphatic carbocycles. The Morgan fingerprint density at radius 2 is 1.86 bits per heavy atom. The number of hydrogen-bond acceptors (Lipinski definition) is 2. The molecule has 0 saturated heterocycles. The average molecular weight is 332 g/mol. The minimum absolute atomic E-state index is 0.221. The van der Waals surface area contributed by atoms with Crippen molar-refractivity contribution in [3.05, 3.63) is 27.7 Å². The first-order valence-corrected chi connectivity index (χ1v) is 8.35. The molecular weight excluding hydrogens is 305 g/mol. The molecule has 0 aliphatic rings. The van der Waals surface area contributed by atoms with Crippen molar-refractivity contribution < 1.29 is 4.74 Å². The maximum Gasteiger partial charge on any atom is 0.139 e. The van der Waals surface area contributed by atoms with Crippen molar-refractivity contribution in [3.8, 4) is 5.75 Å². The third kappa shape index (κ3) is 6.46. The minimum Gasteiger partial charge on any atom is -0.492 e. The van der Waals surface area contributed by atoms with Gasteiger partial charge in [-0.15, -0.1) is 0 Å². The maximum absolute atomic E-state index is 6.34. The lowest BCUT2D eigenvalue weighted by Crippen LogP contribution is -2.34. The van der Waals surface area contributed by atoms with Crippen LogP contribution in [0, 0.1) is 5.41 Å². The monoisotopic (exact) mass is 331 g/mol. The molecule has 0 fully saturated rings. The molecule has 1 N–H and O–H groups in total. The van der Waals surface area contributed by atoms with E-state index in [1.165, 1.54) is 0 Å². The zero-order valence-electron chi connectivity index (χ0n) is 13.7. The van der Waals surface area contributed by atoms with Gasteiger partial charge in [0.05, 0.1) is 11.6 Å². The number of hydrogen-bond donors (Lipinski definition) is 1. The Labute approximate surface area is 139 Å². The lowest BCUT2D eigenvalue weighted by atomic mass is 9.86. The number of benzene rings is 1. The molecule has 0 amide bonds. The first-order valence-electron chi connectivity index (χ1n) is 7.59.